The monoisotopic (exact) mass is 199 g/mol. The Hall–Kier alpha value is -1.82. The fourth-order valence-electron chi connectivity index (χ4n) is 2.80. The topological polar surface area (TPSA) is 61.1 Å². The van der Waals surface area contributed by atoms with Crippen molar-refractivity contribution >= 4 is 5.97 Å². The molecule has 0 radical (unpaired) electrons. The molecule has 0 aliphatic heterocycles. The number of hydrogen-bond acceptors (Lipinski definition) is 2. The minimum atomic E-state index is -0.696. The van der Waals surface area contributed by atoms with Crippen LogP contribution >= 0.6 is 0 Å². The first kappa shape index (κ1) is 8.49. The first-order valence-electron chi connectivity index (χ1n) is 4.98. The lowest BCUT2D eigenvalue weighted by Crippen LogP contribution is -2.05. The van der Waals surface area contributed by atoms with Crippen LogP contribution in [0.25, 0.3) is 0 Å². The molecule has 1 aromatic carbocycles. The maximum atomic E-state index is 10.9. The van der Waals surface area contributed by atoms with Crippen molar-refractivity contribution in [2.45, 2.75) is 12.3 Å². The third kappa shape index (κ3) is 1.02. The standard InChI is InChI=1S/C12H9NO2/c13-5-6-1-2-7-4-9-10(8(7)3-6)11(9)12(14)15/h1-3,9-11H,4H2,(H,14,15)/t9-,10+,11-/m0/s1. The molecular formula is C12H9NO2. The first-order valence-corrected chi connectivity index (χ1v) is 4.98. The lowest BCUT2D eigenvalue weighted by Gasteiger charge is -2.04. The van der Waals surface area contributed by atoms with Crippen molar-refractivity contribution < 1.29 is 9.90 Å². The van der Waals surface area contributed by atoms with Gasteiger partial charge >= 0.3 is 5.97 Å². The second-order valence-corrected chi connectivity index (χ2v) is 4.28. The Morgan fingerprint density at radius 1 is 1.53 bits per heavy atom. The molecule has 15 heavy (non-hydrogen) atoms. The summed E-state index contributed by atoms with van der Waals surface area (Å²) in [6, 6.07) is 7.70. The Kier molecular flexibility index (Phi) is 1.47. The first-order chi connectivity index (χ1) is 7.22. The zero-order valence-corrected chi connectivity index (χ0v) is 7.97. The Morgan fingerprint density at radius 3 is 3.00 bits per heavy atom. The van der Waals surface area contributed by atoms with E-state index in [4.69, 9.17) is 10.4 Å². The molecule has 0 bridgehead atoms. The number of carbonyl (C=O) groups is 1. The van der Waals surface area contributed by atoms with Gasteiger partial charge in [0.2, 0.25) is 0 Å². The smallest absolute Gasteiger partial charge is 0.307 e. The molecule has 0 saturated heterocycles. The van der Waals surface area contributed by atoms with E-state index in [0.717, 1.165) is 12.0 Å². The highest BCUT2D eigenvalue weighted by Crippen LogP contribution is 2.61. The highest BCUT2D eigenvalue weighted by molar-refractivity contribution is 5.78. The Bertz CT molecular complexity index is 501. The fourth-order valence-corrected chi connectivity index (χ4v) is 2.80. The van der Waals surface area contributed by atoms with Gasteiger partial charge in [0.05, 0.1) is 17.6 Å². The van der Waals surface area contributed by atoms with Gasteiger partial charge in [-0.05, 0) is 35.6 Å². The molecule has 1 fully saturated rings. The summed E-state index contributed by atoms with van der Waals surface area (Å²) in [6.45, 7) is 0. The quantitative estimate of drug-likeness (QED) is 0.746. The van der Waals surface area contributed by atoms with E-state index >= 15 is 0 Å². The largest absolute Gasteiger partial charge is 0.481 e. The summed E-state index contributed by atoms with van der Waals surface area (Å²) in [4.78, 5) is 10.9. The van der Waals surface area contributed by atoms with Crippen LogP contribution in [0.5, 0.6) is 0 Å². The van der Waals surface area contributed by atoms with Gasteiger partial charge in [-0.3, -0.25) is 4.79 Å². The van der Waals surface area contributed by atoms with Gasteiger partial charge < -0.3 is 5.11 Å². The van der Waals surface area contributed by atoms with Crippen molar-refractivity contribution in [2.24, 2.45) is 11.8 Å². The lowest BCUT2D eigenvalue weighted by molar-refractivity contribution is -0.139. The molecule has 2 aliphatic carbocycles. The molecule has 0 spiro atoms. The van der Waals surface area contributed by atoms with Crippen molar-refractivity contribution in [3.05, 3.63) is 34.9 Å². The van der Waals surface area contributed by atoms with Crippen LogP contribution in [-0.4, -0.2) is 11.1 Å². The van der Waals surface area contributed by atoms with E-state index in [1.807, 2.05) is 12.1 Å². The average Bonchev–Trinajstić information content (AvgIpc) is 2.83. The van der Waals surface area contributed by atoms with Gasteiger partial charge in [0.15, 0.2) is 0 Å². The van der Waals surface area contributed by atoms with E-state index in [1.54, 1.807) is 6.07 Å². The molecular weight excluding hydrogens is 190 g/mol. The predicted molar refractivity (Wildman–Crippen MR) is 52.2 cm³/mol. The van der Waals surface area contributed by atoms with Crippen LogP contribution in [0.2, 0.25) is 0 Å². The summed E-state index contributed by atoms with van der Waals surface area (Å²) in [6.07, 6.45) is 0.864. The summed E-state index contributed by atoms with van der Waals surface area (Å²) in [7, 11) is 0. The van der Waals surface area contributed by atoms with Gasteiger partial charge in [-0.15, -0.1) is 0 Å². The molecule has 74 valence electrons. The van der Waals surface area contributed by atoms with E-state index in [0.29, 0.717) is 5.56 Å². The zero-order valence-electron chi connectivity index (χ0n) is 7.97. The number of carboxylic acids is 1. The average molecular weight is 199 g/mol. The van der Waals surface area contributed by atoms with Crippen molar-refractivity contribution in [2.75, 3.05) is 0 Å². The van der Waals surface area contributed by atoms with Gasteiger partial charge in [0, 0.05) is 5.92 Å². The molecule has 0 unspecified atom stereocenters. The number of rotatable bonds is 1. The van der Waals surface area contributed by atoms with Crippen molar-refractivity contribution in [3.63, 3.8) is 0 Å². The maximum Gasteiger partial charge on any atom is 0.307 e. The van der Waals surface area contributed by atoms with Gasteiger partial charge in [0.25, 0.3) is 0 Å². The molecule has 3 heteroatoms. The number of fused-ring (bicyclic) bond motifs is 3. The number of carboxylic acid groups (broad SMARTS) is 1. The molecule has 1 N–H and O–H groups in total. The summed E-state index contributed by atoms with van der Waals surface area (Å²) < 4.78 is 0. The normalized spacial score (nSPS) is 30.2. The van der Waals surface area contributed by atoms with Gasteiger partial charge in [0.1, 0.15) is 0 Å². The SMILES string of the molecule is N#Cc1ccc2c(c1)[C@@H]1[C@H](C2)[C@@H]1C(=O)O. The predicted octanol–water partition coefficient (Wildman–Crippen LogP) is 1.53. The minimum Gasteiger partial charge on any atom is -0.481 e. The lowest BCUT2D eigenvalue weighted by atomic mass is 10.00. The van der Waals surface area contributed by atoms with E-state index in [-0.39, 0.29) is 17.8 Å². The molecule has 3 rings (SSSR count). The van der Waals surface area contributed by atoms with Crippen molar-refractivity contribution in [1.82, 2.24) is 0 Å². The van der Waals surface area contributed by atoms with Gasteiger partial charge in [-0.2, -0.15) is 5.26 Å². The Balaban J connectivity index is 2.01. The zero-order chi connectivity index (χ0) is 10.6. The summed E-state index contributed by atoms with van der Waals surface area (Å²) in [5.41, 5.74) is 2.94. The Labute approximate surface area is 87.0 Å². The van der Waals surface area contributed by atoms with Gasteiger partial charge in [-0.1, -0.05) is 6.07 Å². The highest BCUT2D eigenvalue weighted by atomic mass is 16.4. The summed E-state index contributed by atoms with van der Waals surface area (Å²) >= 11 is 0. The number of hydrogen-bond donors (Lipinski definition) is 1. The number of benzene rings is 1. The van der Waals surface area contributed by atoms with E-state index in [1.165, 1.54) is 5.56 Å². The van der Waals surface area contributed by atoms with Crippen LogP contribution in [0, 0.1) is 23.2 Å². The van der Waals surface area contributed by atoms with E-state index in [2.05, 4.69) is 6.07 Å². The van der Waals surface area contributed by atoms with E-state index < -0.39 is 5.97 Å². The van der Waals surface area contributed by atoms with Crippen LogP contribution in [0.1, 0.15) is 22.6 Å². The molecule has 0 heterocycles. The van der Waals surface area contributed by atoms with Crippen LogP contribution in [0.4, 0.5) is 0 Å². The fraction of sp³-hybridized carbons (Fsp3) is 0.333. The Morgan fingerprint density at radius 2 is 2.33 bits per heavy atom. The van der Waals surface area contributed by atoms with Crippen molar-refractivity contribution in [3.8, 4) is 6.07 Å². The molecule has 1 saturated carbocycles. The molecule has 0 aromatic heterocycles. The number of aliphatic carboxylic acids is 1. The van der Waals surface area contributed by atoms with Gasteiger partial charge in [-0.25, -0.2) is 0 Å². The van der Waals surface area contributed by atoms with Crippen LogP contribution in [0.15, 0.2) is 18.2 Å². The highest BCUT2D eigenvalue weighted by Gasteiger charge is 2.59. The second-order valence-electron chi connectivity index (χ2n) is 4.28. The second kappa shape index (κ2) is 2.60. The molecule has 3 nitrogen and oxygen atoms in total. The van der Waals surface area contributed by atoms with Crippen LogP contribution < -0.4 is 0 Å². The van der Waals surface area contributed by atoms with E-state index in [9.17, 15) is 4.79 Å². The minimum absolute atomic E-state index is 0.172. The number of nitriles is 1. The third-order valence-corrected chi connectivity index (χ3v) is 3.54. The van der Waals surface area contributed by atoms with Crippen molar-refractivity contribution in [1.29, 1.82) is 5.26 Å². The van der Waals surface area contributed by atoms with Crippen LogP contribution in [0.3, 0.4) is 0 Å². The summed E-state index contributed by atoms with van der Waals surface area (Å²) in [5, 5.41) is 17.7. The molecule has 1 aromatic rings. The third-order valence-electron chi connectivity index (χ3n) is 3.54. The molecule has 3 atom stereocenters. The molecule has 2 aliphatic rings. The maximum absolute atomic E-state index is 10.9. The molecule has 0 amide bonds. The number of nitrogens with zero attached hydrogens (tertiary/aromatic N) is 1. The summed E-state index contributed by atoms with van der Waals surface area (Å²) in [5.74, 6) is -0.443. The van der Waals surface area contributed by atoms with Crippen LogP contribution in [-0.2, 0) is 11.2 Å².